The second kappa shape index (κ2) is 9.14. The number of carbonyl (C=O) groups is 3. The van der Waals surface area contributed by atoms with Gasteiger partial charge in [0.1, 0.15) is 5.00 Å². The number of hydrogen-bond donors (Lipinski definition) is 2. The summed E-state index contributed by atoms with van der Waals surface area (Å²) in [5.74, 6) is -0.750. The highest BCUT2D eigenvalue weighted by Crippen LogP contribution is 2.37. The molecule has 0 aromatic carbocycles. The summed E-state index contributed by atoms with van der Waals surface area (Å²) in [4.78, 5) is 40.9. The lowest BCUT2D eigenvalue weighted by Crippen LogP contribution is -2.41. The zero-order valence-corrected chi connectivity index (χ0v) is 16.6. The molecule has 1 heterocycles. The normalized spacial score (nSPS) is 13.4. The van der Waals surface area contributed by atoms with Gasteiger partial charge in [0.05, 0.1) is 18.7 Å². The highest BCUT2D eigenvalue weighted by atomic mass is 32.1. The Bertz CT molecular complexity index is 682. The van der Waals surface area contributed by atoms with E-state index < -0.39 is 5.91 Å². The van der Waals surface area contributed by atoms with Gasteiger partial charge in [-0.3, -0.25) is 19.3 Å². The number of anilines is 1. The van der Waals surface area contributed by atoms with Gasteiger partial charge in [-0.15, -0.1) is 11.3 Å². The van der Waals surface area contributed by atoms with Crippen LogP contribution in [0.3, 0.4) is 0 Å². The van der Waals surface area contributed by atoms with Crippen LogP contribution in [0, 0.1) is 0 Å². The van der Waals surface area contributed by atoms with Crippen LogP contribution in [0.1, 0.15) is 47.5 Å². The summed E-state index contributed by atoms with van der Waals surface area (Å²) in [5.41, 5.74) is 7.00. The Kier molecular flexibility index (Phi) is 7.16. The molecule has 1 aliphatic rings. The van der Waals surface area contributed by atoms with Crippen molar-refractivity contribution in [3.63, 3.8) is 0 Å². The second-order valence-corrected chi connectivity index (χ2v) is 7.67. The molecule has 0 fully saturated rings. The lowest BCUT2D eigenvalue weighted by atomic mass is 9.95. The fourth-order valence-corrected chi connectivity index (χ4v) is 4.60. The van der Waals surface area contributed by atoms with Crippen molar-refractivity contribution in [1.82, 2.24) is 9.80 Å². The summed E-state index contributed by atoms with van der Waals surface area (Å²) in [6, 6.07) is 0. The van der Waals surface area contributed by atoms with Gasteiger partial charge >= 0.3 is 0 Å². The number of carbonyl (C=O) groups excluding carboxylic acids is 3. The van der Waals surface area contributed by atoms with Gasteiger partial charge in [-0.05, 0) is 52.1 Å². The van der Waals surface area contributed by atoms with Crippen molar-refractivity contribution in [3.05, 3.63) is 16.0 Å². The first-order valence-corrected chi connectivity index (χ1v) is 9.89. The zero-order valence-electron chi connectivity index (χ0n) is 15.8. The third-order valence-electron chi connectivity index (χ3n) is 4.61. The Balaban J connectivity index is 2.00. The molecule has 0 atom stereocenters. The molecule has 0 aliphatic heterocycles. The Labute approximate surface area is 158 Å². The van der Waals surface area contributed by atoms with Crippen LogP contribution in [0.25, 0.3) is 0 Å². The number of rotatable bonds is 8. The van der Waals surface area contributed by atoms with Gasteiger partial charge in [-0.2, -0.15) is 0 Å². The molecule has 3 amide bonds. The van der Waals surface area contributed by atoms with Crippen molar-refractivity contribution in [3.8, 4) is 0 Å². The molecule has 7 nitrogen and oxygen atoms in total. The monoisotopic (exact) mass is 380 g/mol. The number of nitrogens with two attached hydrogens (primary N) is 1. The Morgan fingerprint density at radius 3 is 2.38 bits per heavy atom. The number of nitrogens with zero attached hydrogens (tertiary/aromatic N) is 2. The number of aryl methyl sites for hydroxylation is 1. The average molecular weight is 381 g/mol. The number of amides is 3. The van der Waals surface area contributed by atoms with E-state index in [0.717, 1.165) is 36.1 Å². The van der Waals surface area contributed by atoms with E-state index >= 15 is 0 Å². The second-order valence-electron chi connectivity index (χ2n) is 6.57. The maximum Gasteiger partial charge on any atom is 0.251 e. The predicted octanol–water partition coefficient (Wildman–Crippen LogP) is 1.46. The summed E-state index contributed by atoms with van der Waals surface area (Å²) in [6.45, 7) is 5.42. The van der Waals surface area contributed by atoms with Crippen LogP contribution in [0.15, 0.2) is 0 Å². The molecule has 0 radical (unpaired) electrons. The molecular weight excluding hydrogens is 352 g/mol. The van der Waals surface area contributed by atoms with E-state index in [1.54, 1.807) is 16.8 Å². The molecule has 0 unspecified atom stereocenters. The minimum Gasteiger partial charge on any atom is -0.365 e. The van der Waals surface area contributed by atoms with Gasteiger partial charge in [0.2, 0.25) is 11.8 Å². The van der Waals surface area contributed by atoms with Crippen LogP contribution in [0.5, 0.6) is 0 Å². The van der Waals surface area contributed by atoms with Crippen molar-refractivity contribution in [1.29, 1.82) is 0 Å². The number of primary amides is 1. The highest BCUT2D eigenvalue weighted by molar-refractivity contribution is 7.17. The van der Waals surface area contributed by atoms with Crippen LogP contribution in [0.4, 0.5) is 5.00 Å². The SMILES string of the molecule is CCN(CC)C(=O)CN(C)CC(=O)Nc1sc2c(c1C(N)=O)CCCC2. The molecule has 1 aliphatic carbocycles. The first kappa shape index (κ1) is 20.4. The van der Waals surface area contributed by atoms with Crippen molar-refractivity contribution in [2.45, 2.75) is 39.5 Å². The minimum atomic E-state index is -0.496. The lowest BCUT2D eigenvalue weighted by molar-refractivity contribution is -0.132. The van der Waals surface area contributed by atoms with Crippen LogP contribution >= 0.6 is 11.3 Å². The maximum absolute atomic E-state index is 12.4. The third-order valence-corrected chi connectivity index (χ3v) is 5.81. The minimum absolute atomic E-state index is 0.00490. The van der Waals surface area contributed by atoms with E-state index in [4.69, 9.17) is 5.73 Å². The van der Waals surface area contributed by atoms with E-state index in [1.165, 1.54) is 11.3 Å². The van der Waals surface area contributed by atoms with Gasteiger partial charge < -0.3 is 16.0 Å². The van der Waals surface area contributed by atoms with Crippen LogP contribution in [-0.2, 0) is 22.4 Å². The van der Waals surface area contributed by atoms with Gasteiger partial charge in [0.15, 0.2) is 0 Å². The molecule has 2 rings (SSSR count). The number of nitrogens with one attached hydrogen (secondary N) is 1. The molecular formula is C18H28N4O3S. The summed E-state index contributed by atoms with van der Waals surface area (Å²) < 4.78 is 0. The van der Waals surface area contributed by atoms with E-state index in [1.807, 2.05) is 13.8 Å². The average Bonchev–Trinajstić information content (AvgIpc) is 2.93. The molecule has 0 saturated carbocycles. The van der Waals surface area contributed by atoms with Gasteiger partial charge in [0, 0.05) is 18.0 Å². The van der Waals surface area contributed by atoms with Crippen molar-refractivity contribution in [2.24, 2.45) is 5.73 Å². The molecule has 26 heavy (non-hydrogen) atoms. The zero-order chi connectivity index (χ0) is 19.3. The maximum atomic E-state index is 12.4. The first-order valence-electron chi connectivity index (χ1n) is 9.07. The van der Waals surface area contributed by atoms with Crippen LogP contribution in [0.2, 0.25) is 0 Å². The van der Waals surface area contributed by atoms with Crippen LogP contribution < -0.4 is 11.1 Å². The van der Waals surface area contributed by atoms with Gasteiger partial charge in [-0.25, -0.2) is 0 Å². The molecule has 1 aromatic heterocycles. The van der Waals surface area contributed by atoms with E-state index in [2.05, 4.69) is 5.32 Å². The first-order chi connectivity index (χ1) is 12.4. The summed E-state index contributed by atoms with van der Waals surface area (Å²) in [6.07, 6.45) is 3.88. The number of thiophene rings is 1. The molecule has 3 N–H and O–H groups in total. The smallest absolute Gasteiger partial charge is 0.251 e. The van der Waals surface area contributed by atoms with E-state index in [0.29, 0.717) is 23.7 Å². The Hall–Kier alpha value is -1.93. The molecule has 8 heteroatoms. The highest BCUT2D eigenvalue weighted by Gasteiger charge is 2.25. The van der Waals surface area contributed by atoms with E-state index in [-0.39, 0.29) is 24.9 Å². The standard InChI is InChI=1S/C18H28N4O3S/c1-4-22(5-2)15(24)11-21(3)10-14(23)20-18-16(17(19)25)12-8-6-7-9-13(12)26-18/h4-11H2,1-3H3,(H2,19,25)(H,20,23). The summed E-state index contributed by atoms with van der Waals surface area (Å²) in [5, 5.41) is 3.36. The quantitative estimate of drug-likeness (QED) is 0.714. The lowest BCUT2D eigenvalue weighted by Gasteiger charge is -2.22. The summed E-state index contributed by atoms with van der Waals surface area (Å²) >= 11 is 1.45. The summed E-state index contributed by atoms with van der Waals surface area (Å²) in [7, 11) is 1.73. The fourth-order valence-electron chi connectivity index (χ4n) is 3.29. The molecule has 0 saturated heterocycles. The predicted molar refractivity (Wildman–Crippen MR) is 104 cm³/mol. The number of likely N-dealkylation sites (N-methyl/N-ethyl adjacent to an activating group) is 2. The van der Waals surface area contributed by atoms with Gasteiger partial charge in [0.25, 0.3) is 5.91 Å². The van der Waals surface area contributed by atoms with Crippen LogP contribution in [-0.4, -0.2) is 60.7 Å². The molecule has 0 spiro atoms. The van der Waals surface area contributed by atoms with Crippen molar-refractivity contribution in [2.75, 3.05) is 38.5 Å². The van der Waals surface area contributed by atoms with Crippen molar-refractivity contribution >= 4 is 34.1 Å². The fraction of sp³-hybridized carbons (Fsp3) is 0.611. The van der Waals surface area contributed by atoms with Gasteiger partial charge in [-0.1, -0.05) is 0 Å². The third kappa shape index (κ3) is 4.82. The Morgan fingerprint density at radius 1 is 1.12 bits per heavy atom. The topological polar surface area (TPSA) is 95.7 Å². The number of hydrogen-bond acceptors (Lipinski definition) is 5. The van der Waals surface area contributed by atoms with Crippen molar-refractivity contribution < 1.29 is 14.4 Å². The van der Waals surface area contributed by atoms with E-state index in [9.17, 15) is 14.4 Å². The molecule has 144 valence electrons. The largest absolute Gasteiger partial charge is 0.365 e. The Morgan fingerprint density at radius 2 is 1.77 bits per heavy atom. The molecule has 0 bridgehead atoms. The number of fused-ring (bicyclic) bond motifs is 1. The molecule has 1 aromatic rings.